The minimum absolute atomic E-state index is 0.107. The normalized spacial score (nSPS) is 30.2. The summed E-state index contributed by atoms with van der Waals surface area (Å²) in [5, 5.41) is 40.7. The predicted octanol–water partition coefficient (Wildman–Crippen LogP) is 2.51. The lowest BCUT2D eigenvalue weighted by molar-refractivity contribution is -0.231. The Hall–Kier alpha value is -1.80. The number of fused-ring (bicyclic) bond motifs is 1. The van der Waals surface area contributed by atoms with Gasteiger partial charge in [-0.15, -0.1) is 0 Å². The van der Waals surface area contributed by atoms with Gasteiger partial charge in [0.1, 0.15) is 30.5 Å². The Kier molecular flexibility index (Phi) is 7.84. The van der Waals surface area contributed by atoms with Crippen LogP contribution in [0.1, 0.15) is 66.7 Å². The van der Waals surface area contributed by atoms with Gasteiger partial charge in [0.2, 0.25) is 0 Å². The summed E-state index contributed by atoms with van der Waals surface area (Å²) in [5.74, 6) is 0. The van der Waals surface area contributed by atoms with Crippen molar-refractivity contribution in [3.63, 3.8) is 0 Å². The Morgan fingerprint density at radius 2 is 1.67 bits per heavy atom. The first kappa shape index (κ1) is 24.3. The van der Waals surface area contributed by atoms with Crippen molar-refractivity contribution in [3.05, 3.63) is 70.3 Å². The van der Waals surface area contributed by atoms with Crippen LogP contribution >= 0.6 is 0 Å². The Labute approximate surface area is 196 Å². The first-order valence-electron chi connectivity index (χ1n) is 12.2. The van der Waals surface area contributed by atoms with Gasteiger partial charge in [0.25, 0.3) is 0 Å². The van der Waals surface area contributed by atoms with Crippen molar-refractivity contribution in [2.45, 2.75) is 76.1 Å². The molecule has 180 valence electrons. The first-order valence-corrected chi connectivity index (χ1v) is 12.2. The number of nitrogens with zero attached hydrogens (tertiary/aromatic N) is 1. The fraction of sp³-hybridized carbons (Fsp3) is 0.556. The van der Waals surface area contributed by atoms with E-state index < -0.39 is 37.1 Å². The maximum absolute atomic E-state index is 10.7. The molecule has 2 aliphatic rings. The molecule has 0 unspecified atom stereocenters. The second-order valence-electron chi connectivity index (χ2n) is 9.34. The van der Waals surface area contributed by atoms with Crippen LogP contribution in [0.3, 0.4) is 0 Å². The number of aliphatic hydroxyl groups is 4. The highest BCUT2D eigenvalue weighted by Crippen LogP contribution is 2.39. The molecule has 2 aromatic carbocycles. The number of aliphatic hydroxyl groups excluding tert-OH is 4. The molecular formula is C27H37NO5. The molecule has 0 saturated carbocycles. The van der Waals surface area contributed by atoms with E-state index in [1.165, 1.54) is 22.3 Å². The molecule has 6 nitrogen and oxygen atoms in total. The highest BCUT2D eigenvalue weighted by molar-refractivity contribution is 5.43. The molecule has 1 fully saturated rings. The first-order chi connectivity index (χ1) is 16.0. The summed E-state index contributed by atoms with van der Waals surface area (Å²) in [6, 6.07) is 15.1. The van der Waals surface area contributed by atoms with Gasteiger partial charge in [-0.05, 0) is 53.6 Å². The van der Waals surface area contributed by atoms with Gasteiger partial charge in [-0.2, -0.15) is 0 Å². The van der Waals surface area contributed by atoms with E-state index >= 15 is 0 Å². The van der Waals surface area contributed by atoms with Crippen LogP contribution in [0, 0.1) is 0 Å². The lowest BCUT2D eigenvalue weighted by Crippen LogP contribution is -2.55. The van der Waals surface area contributed by atoms with Crippen LogP contribution in [-0.4, -0.2) is 69.4 Å². The quantitative estimate of drug-likeness (QED) is 0.513. The Morgan fingerprint density at radius 3 is 2.33 bits per heavy atom. The number of aryl methyl sites for hydroxylation is 1. The zero-order chi connectivity index (χ0) is 23.5. The fourth-order valence-corrected chi connectivity index (χ4v) is 5.17. The average Bonchev–Trinajstić information content (AvgIpc) is 2.85. The molecule has 33 heavy (non-hydrogen) atoms. The summed E-state index contributed by atoms with van der Waals surface area (Å²) in [7, 11) is 0. The SMILES string of the molecule is CCCCN1CCc2ccc([C@@H]3O[C@H](CO)[C@@H](O)[C@H](O)[C@H]3O)cc2[C@@H]1c1ccc(CC)cc1. The van der Waals surface area contributed by atoms with Crippen LogP contribution in [0.5, 0.6) is 0 Å². The van der Waals surface area contributed by atoms with Crippen LogP contribution in [0.4, 0.5) is 0 Å². The predicted molar refractivity (Wildman–Crippen MR) is 127 cm³/mol. The molecule has 0 aromatic heterocycles. The molecule has 4 rings (SSSR count). The van der Waals surface area contributed by atoms with Crippen LogP contribution in [-0.2, 0) is 17.6 Å². The molecular weight excluding hydrogens is 418 g/mol. The van der Waals surface area contributed by atoms with Crippen molar-refractivity contribution in [2.24, 2.45) is 0 Å². The highest BCUT2D eigenvalue weighted by atomic mass is 16.5. The highest BCUT2D eigenvalue weighted by Gasteiger charge is 2.44. The molecule has 2 aliphatic heterocycles. The molecule has 0 aliphatic carbocycles. The van der Waals surface area contributed by atoms with E-state index in [1.54, 1.807) is 0 Å². The summed E-state index contributed by atoms with van der Waals surface area (Å²) in [5.41, 5.74) is 5.77. The van der Waals surface area contributed by atoms with Gasteiger partial charge >= 0.3 is 0 Å². The number of unbranched alkanes of at least 4 members (excludes halogenated alkanes) is 1. The molecule has 2 aromatic rings. The van der Waals surface area contributed by atoms with Crippen molar-refractivity contribution >= 4 is 0 Å². The van der Waals surface area contributed by atoms with Gasteiger partial charge in [-0.3, -0.25) is 4.90 Å². The smallest absolute Gasteiger partial charge is 0.113 e. The van der Waals surface area contributed by atoms with Crippen molar-refractivity contribution in [1.29, 1.82) is 0 Å². The zero-order valence-electron chi connectivity index (χ0n) is 19.6. The van der Waals surface area contributed by atoms with Gasteiger partial charge in [0.15, 0.2) is 0 Å². The number of benzene rings is 2. The molecule has 6 atom stereocenters. The summed E-state index contributed by atoms with van der Waals surface area (Å²) >= 11 is 0. The summed E-state index contributed by atoms with van der Waals surface area (Å²) in [6.07, 6.45) is -1.52. The van der Waals surface area contributed by atoms with E-state index in [9.17, 15) is 20.4 Å². The lowest BCUT2D eigenvalue weighted by Gasteiger charge is -2.41. The molecule has 2 heterocycles. The molecule has 0 bridgehead atoms. The van der Waals surface area contributed by atoms with Crippen molar-refractivity contribution in [2.75, 3.05) is 19.7 Å². The molecule has 1 saturated heterocycles. The van der Waals surface area contributed by atoms with Crippen molar-refractivity contribution < 1.29 is 25.2 Å². The number of rotatable bonds is 7. The van der Waals surface area contributed by atoms with E-state index in [-0.39, 0.29) is 6.04 Å². The maximum atomic E-state index is 10.7. The van der Waals surface area contributed by atoms with Gasteiger partial charge in [0.05, 0.1) is 12.6 Å². The number of hydrogen-bond donors (Lipinski definition) is 4. The van der Waals surface area contributed by atoms with Crippen molar-refractivity contribution in [3.8, 4) is 0 Å². The Bertz CT molecular complexity index is 915. The van der Waals surface area contributed by atoms with Crippen LogP contribution < -0.4 is 0 Å². The second-order valence-corrected chi connectivity index (χ2v) is 9.34. The third-order valence-electron chi connectivity index (χ3n) is 7.22. The summed E-state index contributed by atoms with van der Waals surface area (Å²) in [6.45, 7) is 5.95. The van der Waals surface area contributed by atoms with Gasteiger partial charge in [0, 0.05) is 6.54 Å². The van der Waals surface area contributed by atoms with Crippen LogP contribution in [0.25, 0.3) is 0 Å². The summed E-state index contributed by atoms with van der Waals surface area (Å²) < 4.78 is 5.85. The van der Waals surface area contributed by atoms with Crippen molar-refractivity contribution in [1.82, 2.24) is 4.90 Å². The molecule has 0 amide bonds. The topological polar surface area (TPSA) is 93.4 Å². The number of hydrogen-bond acceptors (Lipinski definition) is 6. The van der Waals surface area contributed by atoms with Crippen LogP contribution in [0.15, 0.2) is 42.5 Å². The third-order valence-corrected chi connectivity index (χ3v) is 7.22. The number of ether oxygens (including phenoxy) is 1. The average molecular weight is 456 g/mol. The zero-order valence-corrected chi connectivity index (χ0v) is 19.6. The lowest BCUT2D eigenvalue weighted by atomic mass is 9.84. The van der Waals surface area contributed by atoms with E-state index in [1.807, 2.05) is 6.07 Å². The molecule has 0 spiro atoms. The van der Waals surface area contributed by atoms with Gasteiger partial charge in [-0.25, -0.2) is 0 Å². The minimum Gasteiger partial charge on any atom is -0.394 e. The maximum Gasteiger partial charge on any atom is 0.113 e. The van der Waals surface area contributed by atoms with Gasteiger partial charge in [-0.1, -0.05) is 62.7 Å². The molecule has 6 heteroatoms. The summed E-state index contributed by atoms with van der Waals surface area (Å²) in [4.78, 5) is 2.53. The molecule has 0 radical (unpaired) electrons. The fourth-order valence-electron chi connectivity index (χ4n) is 5.17. The monoisotopic (exact) mass is 455 g/mol. The third kappa shape index (κ3) is 4.87. The Balaban J connectivity index is 1.72. The minimum atomic E-state index is -1.38. The van der Waals surface area contributed by atoms with Crippen LogP contribution in [0.2, 0.25) is 0 Å². The van der Waals surface area contributed by atoms with Gasteiger partial charge < -0.3 is 25.2 Å². The Morgan fingerprint density at radius 1 is 0.939 bits per heavy atom. The second kappa shape index (κ2) is 10.6. The molecule has 4 N–H and O–H groups in total. The standard InChI is InChI=1S/C27H37NO5/c1-3-5-13-28-14-12-18-10-11-20(27-26(32)25(31)24(30)22(16-29)33-27)15-21(18)23(28)19-8-6-17(4-2)7-9-19/h6-11,15,22-27,29-32H,3-5,12-14,16H2,1-2H3/t22-,23+,24-,25+,26-,27+/m1/s1. The van der Waals surface area contributed by atoms with E-state index in [4.69, 9.17) is 4.74 Å². The van der Waals surface area contributed by atoms with E-state index in [2.05, 4.69) is 55.1 Å². The van der Waals surface area contributed by atoms with E-state index in [0.717, 1.165) is 44.3 Å². The van der Waals surface area contributed by atoms with E-state index in [0.29, 0.717) is 0 Å². The largest absolute Gasteiger partial charge is 0.394 e.